The van der Waals surface area contributed by atoms with Gasteiger partial charge in [-0.05, 0) is 12.8 Å². The molecule has 6 nitrogen and oxygen atoms in total. The molecule has 13 heavy (non-hydrogen) atoms. The number of carbonyl (C=O) groups is 1. The van der Waals surface area contributed by atoms with Crippen LogP contribution < -0.4 is 5.73 Å². The first-order valence-corrected chi connectivity index (χ1v) is 4.00. The van der Waals surface area contributed by atoms with Crippen LogP contribution in [0.4, 0.5) is 0 Å². The van der Waals surface area contributed by atoms with Crippen molar-refractivity contribution in [2.75, 3.05) is 6.61 Å². The number of nitrogens with zero attached hydrogens (tertiary/aromatic N) is 3. The van der Waals surface area contributed by atoms with Gasteiger partial charge in [0.1, 0.15) is 6.54 Å². The van der Waals surface area contributed by atoms with E-state index in [1.54, 1.807) is 6.20 Å². The molecule has 0 fully saturated rings. The third kappa shape index (κ3) is 3.20. The predicted molar refractivity (Wildman–Crippen MR) is 44.6 cm³/mol. The zero-order chi connectivity index (χ0) is 9.68. The number of hydrogen-bond donors (Lipinski definition) is 2. The molecule has 1 heterocycles. The zero-order valence-corrected chi connectivity index (χ0v) is 7.18. The smallest absolute Gasteiger partial charge is 0.239 e. The van der Waals surface area contributed by atoms with Crippen molar-refractivity contribution in [3.05, 3.63) is 11.9 Å². The summed E-state index contributed by atoms with van der Waals surface area (Å²) >= 11 is 0. The van der Waals surface area contributed by atoms with E-state index in [-0.39, 0.29) is 13.2 Å². The molecule has 0 aliphatic heterocycles. The summed E-state index contributed by atoms with van der Waals surface area (Å²) in [5.74, 6) is -0.446. The van der Waals surface area contributed by atoms with Gasteiger partial charge in [0.05, 0.1) is 5.69 Å². The van der Waals surface area contributed by atoms with Gasteiger partial charge in [0.25, 0.3) is 0 Å². The lowest BCUT2D eigenvalue weighted by atomic mass is 10.3. The molecule has 1 amide bonds. The Kier molecular flexibility index (Phi) is 3.39. The first-order valence-electron chi connectivity index (χ1n) is 4.00. The molecule has 1 aromatic heterocycles. The maximum absolute atomic E-state index is 10.5. The number of amides is 1. The van der Waals surface area contributed by atoms with Gasteiger partial charge in [0.15, 0.2) is 0 Å². The Hall–Kier alpha value is -1.43. The van der Waals surface area contributed by atoms with Crippen molar-refractivity contribution in [3.63, 3.8) is 0 Å². The third-order valence-corrected chi connectivity index (χ3v) is 1.49. The fourth-order valence-corrected chi connectivity index (χ4v) is 0.950. The van der Waals surface area contributed by atoms with E-state index in [4.69, 9.17) is 10.8 Å². The SMILES string of the molecule is NC(=O)Cn1cc(CCCO)nn1. The summed E-state index contributed by atoms with van der Waals surface area (Å²) in [7, 11) is 0. The Morgan fingerprint density at radius 3 is 3.08 bits per heavy atom. The third-order valence-electron chi connectivity index (χ3n) is 1.49. The second kappa shape index (κ2) is 4.56. The van der Waals surface area contributed by atoms with E-state index < -0.39 is 5.91 Å². The van der Waals surface area contributed by atoms with Crippen LogP contribution >= 0.6 is 0 Å². The maximum Gasteiger partial charge on any atom is 0.239 e. The molecule has 72 valence electrons. The molecule has 0 atom stereocenters. The van der Waals surface area contributed by atoms with Crippen LogP contribution in [-0.2, 0) is 17.8 Å². The fraction of sp³-hybridized carbons (Fsp3) is 0.571. The van der Waals surface area contributed by atoms with E-state index in [1.807, 2.05) is 0 Å². The molecule has 0 unspecified atom stereocenters. The average molecular weight is 184 g/mol. The van der Waals surface area contributed by atoms with Crippen LogP contribution in [-0.4, -0.2) is 32.6 Å². The van der Waals surface area contributed by atoms with Crippen LogP contribution in [0.15, 0.2) is 6.20 Å². The molecule has 3 N–H and O–H groups in total. The minimum Gasteiger partial charge on any atom is -0.396 e. The summed E-state index contributed by atoms with van der Waals surface area (Å²) in [4.78, 5) is 10.5. The lowest BCUT2D eigenvalue weighted by molar-refractivity contribution is -0.118. The molecule has 0 aliphatic carbocycles. The standard InChI is InChI=1S/C7H12N4O2/c8-7(13)5-11-4-6(9-10-11)2-1-3-12/h4,12H,1-3,5H2,(H2,8,13). The van der Waals surface area contributed by atoms with Gasteiger partial charge in [0.2, 0.25) is 5.91 Å². The normalized spacial score (nSPS) is 10.2. The Balaban J connectivity index is 2.48. The van der Waals surface area contributed by atoms with Gasteiger partial charge in [-0.25, -0.2) is 4.68 Å². The molecule has 0 saturated carbocycles. The highest BCUT2D eigenvalue weighted by molar-refractivity contribution is 5.73. The lowest BCUT2D eigenvalue weighted by Crippen LogP contribution is -2.18. The Labute approximate surface area is 75.3 Å². The van der Waals surface area contributed by atoms with E-state index in [2.05, 4.69) is 10.3 Å². The van der Waals surface area contributed by atoms with Crippen molar-refractivity contribution in [2.24, 2.45) is 5.73 Å². The molecular formula is C7H12N4O2. The molecular weight excluding hydrogens is 172 g/mol. The summed E-state index contributed by atoms with van der Waals surface area (Å²) in [5.41, 5.74) is 5.73. The highest BCUT2D eigenvalue weighted by Crippen LogP contribution is 1.96. The van der Waals surface area contributed by atoms with Gasteiger partial charge in [-0.2, -0.15) is 0 Å². The lowest BCUT2D eigenvalue weighted by Gasteiger charge is -1.92. The number of aliphatic hydroxyl groups excluding tert-OH is 1. The second-order valence-corrected chi connectivity index (χ2v) is 2.70. The quantitative estimate of drug-likeness (QED) is 0.594. The predicted octanol–water partition coefficient (Wildman–Crippen LogP) is -1.31. The molecule has 0 saturated heterocycles. The number of carbonyl (C=O) groups excluding carboxylic acids is 1. The van der Waals surface area contributed by atoms with Gasteiger partial charge in [-0.15, -0.1) is 5.10 Å². The van der Waals surface area contributed by atoms with Crippen molar-refractivity contribution in [1.82, 2.24) is 15.0 Å². The van der Waals surface area contributed by atoms with Gasteiger partial charge >= 0.3 is 0 Å². The summed E-state index contributed by atoms with van der Waals surface area (Å²) < 4.78 is 1.38. The van der Waals surface area contributed by atoms with Crippen molar-refractivity contribution in [1.29, 1.82) is 0 Å². The van der Waals surface area contributed by atoms with Gasteiger partial charge in [-0.3, -0.25) is 4.79 Å². The van der Waals surface area contributed by atoms with Crippen LogP contribution in [0.5, 0.6) is 0 Å². The van der Waals surface area contributed by atoms with Crippen LogP contribution in [0.1, 0.15) is 12.1 Å². The first kappa shape index (κ1) is 9.66. The summed E-state index contributed by atoms with van der Waals surface area (Å²) in [6, 6.07) is 0. The number of primary amides is 1. The number of aromatic nitrogens is 3. The fourth-order valence-electron chi connectivity index (χ4n) is 0.950. The Bertz CT molecular complexity index is 284. The minimum atomic E-state index is -0.446. The van der Waals surface area contributed by atoms with Crippen molar-refractivity contribution < 1.29 is 9.90 Å². The summed E-state index contributed by atoms with van der Waals surface area (Å²) in [6.07, 6.45) is 2.96. The first-order chi connectivity index (χ1) is 6.22. The zero-order valence-electron chi connectivity index (χ0n) is 7.18. The van der Waals surface area contributed by atoms with Crippen LogP contribution in [0, 0.1) is 0 Å². The van der Waals surface area contributed by atoms with Gasteiger partial charge < -0.3 is 10.8 Å². The van der Waals surface area contributed by atoms with E-state index >= 15 is 0 Å². The minimum absolute atomic E-state index is 0.0477. The highest BCUT2D eigenvalue weighted by Gasteiger charge is 2.01. The maximum atomic E-state index is 10.5. The molecule has 0 radical (unpaired) electrons. The van der Waals surface area contributed by atoms with E-state index in [1.165, 1.54) is 4.68 Å². The molecule has 1 aromatic rings. The number of aryl methyl sites for hydroxylation is 1. The Morgan fingerprint density at radius 1 is 1.69 bits per heavy atom. The number of hydrogen-bond acceptors (Lipinski definition) is 4. The van der Waals surface area contributed by atoms with E-state index in [0.717, 1.165) is 5.69 Å². The largest absolute Gasteiger partial charge is 0.396 e. The molecule has 6 heteroatoms. The summed E-state index contributed by atoms with van der Waals surface area (Å²) in [5, 5.41) is 16.0. The van der Waals surface area contributed by atoms with E-state index in [9.17, 15) is 4.79 Å². The molecule has 0 bridgehead atoms. The molecule has 1 rings (SSSR count). The second-order valence-electron chi connectivity index (χ2n) is 2.70. The highest BCUT2D eigenvalue weighted by atomic mass is 16.2. The monoisotopic (exact) mass is 184 g/mol. The number of rotatable bonds is 5. The molecule has 0 aromatic carbocycles. The average Bonchev–Trinajstić information content (AvgIpc) is 2.48. The topological polar surface area (TPSA) is 94.0 Å². The van der Waals surface area contributed by atoms with Crippen LogP contribution in [0.3, 0.4) is 0 Å². The number of aliphatic hydroxyl groups is 1. The van der Waals surface area contributed by atoms with E-state index in [0.29, 0.717) is 12.8 Å². The van der Waals surface area contributed by atoms with Gasteiger partial charge in [-0.1, -0.05) is 5.21 Å². The molecule has 0 aliphatic rings. The van der Waals surface area contributed by atoms with Crippen molar-refractivity contribution in [3.8, 4) is 0 Å². The summed E-state index contributed by atoms with van der Waals surface area (Å²) in [6.45, 7) is 0.175. The van der Waals surface area contributed by atoms with Crippen LogP contribution in [0.25, 0.3) is 0 Å². The van der Waals surface area contributed by atoms with Crippen molar-refractivity contribution >= 4 is 5.91 Å². The molecule has 0 spiro atoms. The van der Waals surface area contributed by atoms with Gasteiger partial charge in [0, 0.05) is 12.8 Å². The van der Waals surface area contributed by atoms with Crippen LogP contribution in [0.2, 0.25) is 0 Å². The number of nitrogens with two attached hydrogens (primary N) is 1. The Morgan fingerprint density at radius 2 is 2.46 bits per heavy atom. The van der Waals surface area contributed by atoms with Crippen molar-refractivity contribution in [2.45, 2.75) is 19.4 Å².